The number of hydrogen-bond acceptors (Lipinski definition) is 3. The fourth-order valence-electron chi connectivity index (χ4n) is 3.06. The summed E-state index contributed by atoms with van der Waals surface area (Å²) >= 11 is 0. The fraction of sp³-hybridized carbons (Fsp3) is 0.150. The van der Waals surface area contributed by atoms with E-state index in [1.54, 1.807) is 6.92 Å². The lowest BCUT2D eigenvalue weighted by molar-refractivity contribution is 0.376. The van der Waals surface area contributed by atoms with Gasteiger partial charge in [-0.1, -0.05) is 42.5 Å². The van der Waals surface area contributed by atoms with Crippen LogP contribution in [0.25, 0.3) is 22.4 Å². The van der Waals surface area contributed by atoms with Crippen LogP contribution < -0.4 is 10.4 Å². The van der Waals surface area contributed by atoms with Gasteiger partial charge in [-0.15, -0.1) is 0 Å². The molecule has 1 aliphatic rings. The second kappa shape index (κ2) is 5.13. The van der Waals surface area contributed by atoms with Crippen LogP contribution in [0.15, 0.2) is 51.7 Å². The van der Waals surface area contributed by atoms with Gasteiger partial charge in [0, 0.05) is 11.1 Å². The molecule has 0 bridgehead atoms. The molecule has 0 N–H and O–H groups in total. The fourth-order valence-corrected chi connectivity index (χ4v) is 3.06. The Balaban J connectivity index is 1.93. The van der Waals surface area contributed by atoms with Crippen LogP contribution >= 0.6 is 0 Å². The van der Waals surface area contributed by atoms with Crippen molar-refractivity contribution in [3.8, 4) is 5.75 Å². The SMILES string of the molecule is Cc1oc(=O)c2c(c1C)OC/C2=C\c1cccc2ccccc12. The molecule has 0 saturated carbocycles. The van der Waals surface area contributed by atoms with Crippen LogP contribution in [0, 0.1) is 13.8 Å². The first kappa shape index (κ1) is 13.8. The predicted octanol–water partition coefficient (Wildman–Crippen LogP) is 4.34. The topological polar surface area (TPSA) is 39.4 Å². The molecule has 0 aliphatic carbocycles. The summed E-state index contributed by atoms with van der Waals surface area (Å²) < 4.78 is 11.1. The highest BCUT2D eigenvalue weighted by molar-refractivity contribution is 5.96. The first-order chi connectivity index (χ1) is 11.1. The standard InChI is InChI=1S/C20H16O3/c1-12-13(2)23-20(21)18-16(11-22-19(12)18)10-15-8-5-7-14-6-3-4-9-17(14)15/h3-10H,11H2,1-2H3/b16-10+. The summed E-state index contributed by atoms with van der Waals surface area (Å²) in [6.45, 7) is 4.10. The first-order valence-electron chi connectivity index (χ1n) is 7.61. The van der Waals surface area contributed by atoms with Gasteiger partial charge in [0.15, 0.2) is 0 Å². The average Bonchev–Trinajstić information content (AvgIpc) is 2.97. The second-order valence-corrected chi connectivity index (χ2v) is 5.80. The van der Waals surface area contributed by atoms with Gasteiger partial charge in [-0.25, -0.2) is 4.79 Å². The molecule has 3 heteroatoms. The van der Waals surface area contributed by atoms with Crippen LogP contribution in [0.5, 0.6) is 5.75 Å². The normalized spacial score (nSPS) is 15.0. The predicted molar refractivity (Wildman–Crippen MR) is 91.8 cm³/mol. The van der Waals surface area contributed by atoms with Crippen LogP contribution in [0.1, 0.15) is 22.5 Å². The van der Waals surface area contributed by atoms with Crippen molar-refractivity contribution in [2.24, 2.45) is 0 Å². The van der Waals surface area contributed by atoms with Gasteiger partial charge in [0.05, 0.1) is 0 Å². The van der Waals surface area contributed by atoms with Gasteiger partial charge in [0.2, 0.25) is 0 Å². The number of fused-ring (bicyclic) bond motifs is 2. The number of benzene rings is 2. The molecule has 0 fully saturated rings. The molecule has 0 saturated heterocycles. The Morgan fingerprint density at radius 1 is 1.04 bits per heavy atom. The molecular formula is C20H16O3. The van der Waals surface area contributed by atoms with Crippen molar-refractivity contribution < 1.29 is 9.15 Å². The monoisotopic (exact) mass is 304 g/mol. The zero-order valence-electron chi connectivity index (χ0n) is 13.1. The molecule has 3 nitrogen and oxygen atoms in total. The van der Waals surface area contributed by atoms with E-state index >= 15 is 0 Å². The third-order valence-corrected chi connectivity index (χ3v) is 4.39. The Hall–Kier alpha value is -2.81. The minimum Gasteiger partial charge on any atom is -0.488 e. The van der Waals surface area contributed by atoms with Gasteiger partial charge in [0.25, 0.3) is 0 Å². The Morgan fingerprint density at radius 2 is 1.83 bits per heavy atom. The summed E-state index contributed by atoms with van der Waals surface area (Å²) in [6.07, 6.45) is 2.03. The van der Waals surface area contributed by atoms with E-state index in [1.165, 1.54) is 5.39 Å². The maximum atomic E-state index is 12.3. The zero-order chi connectivity index (χ0) is 16.0. The molecule has 4 rings (SSSR count). The average molecular weight is 304 g/mol. The molecular weight excluding hydrogens is 288 g/mol. The lowest BCUT2D eigenvalue weighted by atomic mass is 10.00. The lowest BCUT2D eigenvalue weighted by Crippen LogP contribution is -2.06. The number of ether oxygens (including phenoxy) is 1. The van der Waals surface area contributed by atoms with Gasteiger partial charge < -0.3 is 9.15 Å². The molecule has 0 spiro atoms. The molecule has 114 valence electrons. The van der Waals surface area contributed by atoms with E-state index in [4.69, 9.17) is 9.15 Å². The van der Waals surface area contributed by atoms with Crippen LogP contribution in [-0.4, -0.2) is 6.61 Å². The summed E-state index contributed by atoms with van der Waals surface area (Å²) in [5.41, 5.74) is 3.06. The van der Waals surface area contributed by atoms with E-state index in [0.29, 0.717) is 23.7 Å². The largest absolute Gasteiger partial charge is 0.488 e. The molecule has 2 heterocycles. The first-order valence-corrected chi connectivity index (χ1v) is 7.61. The van der Waals surface area contributed by atoms with E-state index in [2.05, 4.69) is 24.3 Å². The Morgan fingerprint density at radius 3 is 2.70 bits per heavy atom. The van der Waals surface area contributed by atoms with E-state index < -0.39 is 0 Å². The van der Waals surface area contributed by atoms with Crippen LogP contribution in [0.4, 0.5) is 0 Å². The maximum Gasteiger partial charge on any atom is 0.347 e. The van der Waals surface area contributed by atoms with Crippen LogP contribution in [-0.2, 0) is 0 Å². The molecule has 2 aromatic carbocycles. The molecule has 0 amide bonds. The van der Waals surface area contributed by atoms with E-state index in [0.717, 1.165) is 22.1 Å². The summed E-state index contributed by atoms with van der Waals surface area (Å²) in [4.78, 5) is 12.3. The molecule has 3 aromatic rings. The smallest absolute Gasteiger partial charge is 0.347 e. The van der Waals surface area contributed by atoms with E-state index in [9.17, 15) is 4.79 Å². The van der Waals surface area contributed by atoms with E-state index in [1.807, 2.05) is 31.2 Å². The number of hydrogen-bond donors (Lipinski definition) is 0. The second-order valence-electron chi connectivity index (χ2n) is 5.80. The molecule has 1 aromatic heterocycles. The van der Waals surface area contributed by atoms with Crippen LogP contribution in [0.3, 0.4) is 0 Å². The number of aryl methyl sites for hydroxylation is 1. The quantitative estimate of drug-likeness (QED) is 0.671. The van der Waals surface area contributed by atoms with Crippen molar-refractivity contribution in [1.82, 2.24) is 0 Å². The van der Waals surface area contributed by atoms with Crippen molar-refractivity contribution in [2.45, 2.75) is 13.8 Å². The maximum absolute atomic E-state index is 12.3. The lowest BCUT2D eigenvalue weighted by Gasteiger charge is -2.04. The molecule has 0 atom stereocenters. The van der Waals surface area contributed by atoms with Gasteiger partial charge in [-0.2, -0.15) is 0 Å². The molecule has 1 aliphatic heterocycles. The minimum absolute atomic E-state index is 0.327. The van der Waals surface area contributed by atoms with E-state index in [-0.39, 0.29) is 5.63 Å². The highest BCUT2D eigenvalue weighted by Gasteiger charge is 2.26. The third kappa shape index (κ3) is 2.16. The van der Waals surface area contributed by atoms with Crippen molar-refractivity contribution in [3.05, 3.63) is 75.3 Å². The van der Waals surface area contributed by atoms with Crippen LogP contribution in [0.2, 0.25) is 0 Å². The van der Waals surface area contributed by atoms with Gasteiger partial charge in [-0.3, -0.25) is 0 Å². The van der Waals surface area contributed by atoms with Gasteiger partial charge in [-0.05, 0) is 36.3 Å². The molecule has 23 heavy (non-hydrogen) atoms. The Bertz CT molecular complexity index is 1000. The van der Waals surface area contributed by atoms with Gasteiger partial charge >= 0.3 is 5.63 Å². The van der Waals surface area contributed by atoms with Crippen molar-refractivity contribution in [2.75, 3.05) is 6.61 Å². The number of rotatable bonds is 1. The summed E-state index contributed by atoms with van der Waals surface area (Å²) in [7, 11) is 0. The highest BCUT2D eigenvalue weighted by atomic mass is 16.5. The zero-order valence-corrected chi connectivity index (χ0v) is 13.1. The summed E-state index contributed by atoms with van der Waals surface area (Å²) in [6, 6.07) is 14.4. The van der Waals surface area contributed by atoms with Crippen molar-refractivity contribution in [3.63, 3.8) is 0 Å². The van der Waals surface area contributed by atoms with Gasteiger partial charge in [0.1, 0.15) is 23.7 Å². The highest BCUT2D eigenvalue weighted by Crippen LogP contribution is 2.36. The molecule has 0 unspecified atom stereocenters. The van der Waals surface area contributed by atoms with Crippen molar-refractivity contribution >= 4 is 22.4 Å². The minimum atomic E-state index is -0.327. The third-order valence-electron chi connectivity index (χ3n) is 4.39. The Kier molecular flexibility index (Phi) is 3.08. The molecule has 0 radical (unpaired) electrons. The summed E-state index contributed by atoms with van der Waals surface area (Å²) in [5, 5.41) is 2.33. The van der Waals surface area contributed by atoms with Crippen molar-refractivity contribution in [1.29, 1.82) is 0 Å². The Labute approximate surface area is 133 Å². The summed E-state index contributed by atoms with van der Waals surface area (Å²) in [5.74, 6) is 1.27.